The first-order valence-electron chi connectivity index (χ1n) is 7.67. The van der Waals surface area contributed by atoms with E-state index in [-0.39, 0.29) is 17.7 Å². The second-order valence-electron chi connectivity index (χ2n) is 6.33. The molecule has 4 atom stereocenters. The molecule has 0 aliphatic carbocycles. The van der Waals surface area contributed by atoms with E-state index in [1.807, 2.05) is 11.8 Å². The molecule has 4 unspecified atom stereocenters. The normalized spacial score (nSPS) is 34.9. The van der Waals surface area contributed by atoms with Crippen molar-refractivity contribution < 1.29 is 9.47 Å². The average molecular weight is 287 g/mol. The zero-order valence-corrected chi connectivity index (χ0v) is 13.4. The first kappa shape index (κ1) is 15.6. The van der Waals surface area contributed by atoms with E-state index in [0.29, 0.717) is 11.8 Å². The van der Waals surface area contributed by atoms with Crippen LogP contribution in [-0.4, -0.2) is 42.5 Å². The largest absolute Gasteiger partial charge is 0.377 e. The minimum absolute atomic E-state index is 0.124. The molecule has 112 valence electrons. The first-order valence-corrected chi connectivity index (χ1v) is 8.82. The van der Waals surface area contributed by atoms with Crippen LogP contribution in [0.15, 0.2) is 0 Å². The van der Waals surface area contributed by atoms with Crippen molar-refractivity contribution in [3.63, 3.8) is 0 Å². The highest BCUT2D eigenvalue weighted by atomic mass is 32.2. The molecule has 0 aromatic heterocycles. The quantitative estimate of drug-likeness (QED) is 0.844. The van der Waals surface area contributed by atoms with E-state index in [9.17, 15) is 0 Å². The third-order valence-corrected chi connectivity index (χ3v) is 5.76. The minimum atomic E-state index is 0.124. The van der Waals surface area contributed by atoms with Gasteiger partial charge in [0.15, 0.2) is 0 Å². The SMILES string of the molecule is CCOC(C(C)C)C(N)C1CCOC2(CCSC2)C1. The monoisotopic (exact) mass is 287 g/mol. The van der Waals surface area contributed by atoms with Crippen LogP contribution in [0.25, 0.3) is 0 Å². The molecule has 0 aromatic rings. The van der Waals surface area contributed by atoms with Gasteiger partial charge in [-0.2, -0.15) is 11.8 Å². The van der Waals surface area contributed by atoms with Gasteiger partial charge >= 0.3 is 0 Å². The summed E-state index contributed by atoms with van der Waals surface area (Å²) in [5.41, 5.74) is 6.67. The molecule has 4 heteroatoms. The fourth-order valence-corrected chi connectivity index (χ4v) is 4.84. The van der Waals surface area contributed by atoms with Crippen LogP contribution in [0.4, 0.5) is 0 Å². The number of rotatable bonds is 5. The van der Waals surface area contributed by atoms with E-state index < -0.39 is 0 Å². The zero-order valence-electron chi connectivity index (χ0n) is 12.6. The van der Waals surface area contributed by atoms with Gasteiger partial charge < -0.3 is 15.2 Å². The summed E-state index contributed by atoms with van der Waals surface area (Å²) in [6.07, 6.45) is 3.59. The first-order chi connectivity index (χ1) is 9.08. The van der Waals surface area contributed by atoms with Crippen LogP contribution in [0.2, 0.25) is 0 Å². The second-order valence-corrected chi connectivity index (χ2v) is 7.43. The van der Waals surface area contributed by atoms with Gasteiger partial charge in [0.1, 0.15) is 0 Å². The molecule has 0 saturated carbocycles. The van der Waals surface area contributed by atoms with Crippen LogP contribution >= 0.6 is 11.8 Å². The maximum absolute atomic E-state index is 6.54. The van der Waals surface area contributed by atoms with Crippen molar-refractivity contribution in [2.75, 3.05) is 24.7 Å². The van der Waals surface area contributed by atoms with Gasteiger partial charge in [0.05, 0.1) is 11.7 Å². The molecule has 1 spiro atoms. The smallest absolute Gasteiger partial charge is 0.0783 e. The maximum atomic E-state index is 6.54. The summed E-state index contributed by atoms with van der Waals surface area (Å²) in [5, 5.41) is 0. The summed E-state index contributed by atoms with van der Waals surface area (Å²) >= 11 is 2.02. The van der Waals surface area contributed by atoms with E-state index in [4.69, 9.17) is 15.2 Å². The number of hydrogen-bond acceptors (Lipinski definition) is 4. The molecule has 3 nitrogen and oxygen atoms in total. The predicted octanol–water partition coefficient (Wildman–Crippen LogP) is 2.68. The molecular weight excluding hydrogens is 258 g/mol. The standard InChI is InChI=1S/C15H29NO2S/c1-4-17-14(11(2)3)13(16)12-5-7-18-15(9-12)6-8-19-10-15/h11-14H,4-10,16H2,1-3H3. The molecule has 2 heterocycles. The van der Waals surface area contributed by atoms with Crippen molar-refractivity contribution in [3.05, 3.63) is 0 Å². The van der Waals surface area contributed by atoms with Crippen molar-refractivity contribution in [3.8, 4) is 0 Å². The lowest BCUT2D eigenvalue weighted by molar-refractivity contribution is -0.0973. The van der Waals surface area contributed by atoms with Crippen molar-refractivity contribution in [1.82, 2.24) is 0 Å². The number of nitrogens with two attached hydrogens (primary N) is 1. The van der Waals surface area contributed by atoms with E-state index in [0.717, 1.165) is 31.8 Å². The molecule has 2 fully saturated rings. The van der Waals surface area contributed by atoms with Crippen molar-refractivity contribution in [2.45, 2.75) is 57.8 Å². The highest BCUT2D eigenvalue weighted by molar-refractivity contribution is 7.99. The van der Waals surface area contributed by atoms with E-state index in [1.54, 1.807) is 0 Å². The highest BCUT2D eigenvalue weighted by Crippen LogP contribution is 2.41. The van der Waals surface area contributed by atoms with Crippen molar-refractivity contribution in [1.29, 1.82) is 0 Å². The summed E-state index contributed by atoms with van der Waals surface area (Å²) in [6.45, 7) is 8.10. The van der Waals surface area contributed by atoms with E-state index in [1.165, 1.54) is 12.2 Å². The molecule has 2 N–H and O–H groups in total. The zero-order chi connectivity index (χ0) is 13.9. The number of hydrogen-bond donors (Lipinski definition) is 1. The van der Waals surface area contributed by atoms with Gasteiger partial charge in [-0.3, -0.25) is 0 Å². The average Bonchev–Trinajstić information content (AvgIpc) is 2.83. The van der Waals surface area contributed by atoms with Gasteiger partial charge in [0.25, 0.3) is 0 Å². The molecule has 0 radical (unpaired) electrons. The van der Waals surface area contributed by atoms with Crippen molar-refractivity contribution in [2.24, 2.45) is 17.6 Å². The molecule has 2 aliphatic rings. The van der Waals surface area contributed by atoms with Crippen LogP contribution in [-0.2, 0) is 9.47 Å². The summed E-state index contributed by atoms with van der Waals surface area (Å²) in [5.74, 6) is 3.41. The van der Waals surface area contributed by atoms with Gasteiger partial charge in [-0.25, -0.2) is 0 Å². The Morgan fingerprint density at radius 2 is 2.26 bits per heavy atom. The van der Waals surface area contributed by atoms with Crippen molar-refractivity contribution >= 4 is 11.8 Å². The predicted molar refractivity (Wildman–Crippen MR) is 81.6 cm³/mol. The summed E-state index contributed by atoms with van der Waals surface area (Å²) in [7, 11) is 0. The maximum Gasteiger partial charge on any atom is 0.0783 e. The topological polar surface area (TPSA) is 44.5 Å². The molecule has 0 bridgehead atoms. The summed E-state index contributed by atoms with van der Waals surface area (Å²) < 4.78 is 12.0. The molecule has 2 saturated heterocycles. The lowest BCUT2D eigenvalue weighted by atomic mass is 9.78. The van der Waals surface area contributed by atoms with Gasteiger partial charge in [0.2, 0.25) is 0 Å². The van der Waals surface area contributed by atoms with E-state index >= 15 is 0 Å². The number of thioether (sulfide) groups is 1. The Morgan fingerprint density at radius 3 is 2.84 bits per heavy atom. The molecule has 19 heavy (non-hydrogen) atoms. The summed E-state index contributed by atoms with van der Waals surface area (Å²) in [6, 6.07) is 0.145. The third kappa shape index (κ3) is 3.66. The number of ether oxygens (including phenoxy) is 2. The van der Waals surface area contributed by atoms with Crippen LogP contribution < -0.4 is 5.73 Å². The minimum Gasteiger partial charge on any atom is -0.377 e. The fraction of sp³-hybridized carbons (Fsp3) is 1.00. The Labute approximate surface area is 122 Å². The van der Waals surface area contributed by atoms with Gasteiger partial charge in [-0.15, -0.1) is 0 Å². The van der Waals surface area contributed by atoms with Crippen LogP contribution in [0.5, 0.6) is 0 Å². The lowest BCUT2D eigenvalue weighted by Crippen LogP contribution is -2.51. The Hall–Kier alpha value is 0.230. The summed E-state index contributed by atoms with van der Waals surface area (Å²) in [4.78, 5) is 0. The Morgan fingerprint density at radius 1 is 1.47 bits per heavy atom. The fourth-order valence-electron chi connectivity index (χ4n) is 3.47. The lowest BCUT2D eigenvalue weighted by Gasteiger charge is -2.42. The van der Waals surface area contributed by atoms with Gasteiger partial charge in [-0.1, -0.05) is 13.8 Å². The molecule has 2 rings (SSSR count). The van der Waals surface area contributed by atoms with Crippen LogP contribution in [0.1, 0.15) is 40.0 Å². The molecule has 0 aromatic carbocycles. The van der Waals surface area contributed by atoms with Gasteiger partial charge in [0, 0.05) is 25.0 Å². The Balaban J connectivity index is 1.99. The van der Waals surface area contributed by atoms with Crippen LogP contribution in [0, 0.1) is 11.8 Å². The molecular formula is C15H29NO2S. The Kier molecular flexibility index (Phi) is 5.58. The van der Waals surface area contributed by atoms with E-state index in [2.05, 4.69) is 20.8 Å². The third-order valence-electron chi connectivity index (χ3n) is 4.54. The highest BCUT2D eigenvalue weighted by Gasteiger charge is 2.43. The second kappa shape index (κ2) is 6.79. The Bertz CT molecular complexity index is 279. The molecule has 2 aliphatic heterocycles. The van der Waals surface area contributed by atoms with Gasteiger partial charge in [-0.05, 0) is 43.8 Å². The van der Waals surface area contributed by atoms with Crippen LogP contribution in [0.3, 0.4) is 0 Å². The molecule has 0 amide bonds.